The van der Waals surface area contributed by atoms with Crippen molar-refractivity contribution in [3.63, 3.8) is 0 Å². The number of carbonyl (C=O) groups is 1. The first-order valence-electron chi connectivity index (χ1n) is 6.09. The van der Waals surface area contributed by atoms with Gasteiger partial charge in [-0.2, -0.15) is 5.10 Å². The third-order valence-corrected chi connectivity index (χ3v) is 3.04. The third kappa shape index (κ3) is 1.91. The third-order valence-electron chi connectivity index (χ3n) is 3.04. The van der Waals surface area contributed by atoms with Gasteiger partial charge >= 0.3 is 5.97 Å². The summed E-state index contributed by atoms with van der Waals surface area (Å²) in [6, 6.07) is 1.52. The first-order chi connectivity index (χ1) is 9.20. The molecular weight excluding hydrogens is 250 g/mol. The van der Waals surface area contributed by atoms with Crippen molar-refractivity contribution in [3.05, 3.63) is 33.4 Å². The minimum absolute atomic E-state index is 0.192. The molecule has 0 saturated carbocycles. The number of hydrogen-bond acceptors (Lipinski definition) is 5. The Hall–Kier alpha value is -2.15. The maximum atomic E-state index is 11.9. The summed E-state index contributed by atoms with van der Waals surface area (Å²) >= 11 is 0. The minimum atomic E-state index is -0.493. The van der Waals surface area contributed by atoms with E-state index in [0.717, 1.165) is 5.69 Å². The number of esters is 1. The van der Waals surface area contributed by atoms with Gasteiger partial charge in [0, 0.05) is 12.5 Å². The van der Waals surface area contributed by atoms with Crippen molar-refractivity contribution in [2.45, 2.75) is 20.0 Å². The summed E-state index contributed by atoms with van der Waals surface area (Å²) in [5, 5.41) is 4.20. The van der Waals surface area contributed by atoms with Gasteiger partial charge in [0.1, 0.15) is 5.65 Å². The highest BCUT2D eigenvalue weighted by atomic mass is 16.5. The molecule has 0 aliphatic carbocycles. The maximum Gasteiger partial charge on any atom is 0.358 e. The van der Waals surface area contributed by atoms with Crippen molar-refractivity contribution in [1.29, 1.82) is 0 Å². The van der Waals surface area contributed by atoms with E-state index in [1.165, 1.54) is 6.07 Å². The maximum absolute atomic E-state index is 11.9. The molecule has 0 radical (unpaired) electrons. The Bertz CT molecular complexity index is 701. The number of hydrogen-bond donors (Lipinski definition) is 1. The van der Waals surface area contributed by atoms with E-state index in [2.05, 4.69) is 10.1 Å². The Morgan fingerprint density at radius 3 is 3.26 bits per heavy atom. The van der Waals surface area contributed by atoms with E-state index in [1.807, 2.05) is 0 Å². The molecule has 2 aromatic rings. The van der Waals surface area contributed by atoms with Gasteiger partial charge < -0.3 is 14.5 Å². The number of H-pyrrole nitrogens is 1. The summed E-state index contributed by atoms with van der Waals surface area (Å²) in [7, 11) is 0. The van der Waals surface area contributed by atoms with Crippen LogP contribution in [-0.4, -0.2) is 33.8 Å². The highest BCUT2D eigenvalue weighted by Crippen LogP contribution is 2.15. The molecule has 7 heteroatoms. The summed E-state index contributed by atoms with van der Waals surface area (Å²) in [6.07, 6.45) is 0.597. The monoisotopic (exact) mass is 263 g/mol. The number of nitrogens with zero attached hydrogens (tertiary/aromatic N) is 2. The van der Waals surface area contributed by atoms with Gasteiger partial charge in [-0.3, -0.25) is 4.79 Å². The summed E-state index contributed by atoms with van der Waals surface area (Å²) in [4.78, 5) is 26.2. The molecule has 2 aromatic heterocycles. The lowest BCUT2D eigenvalue weighted by Crippen LogP contribution is -2.25. The van der Waals surface area contributed by atoms with Gasteiger partial charge in [-0.25, -0.2) is 9.31 Å². The van der Waals surface area contributed by atoms with Gasteiger partial charge in [0.2, 0.25) is 0 Å². The molecule has 0 amide bonds. The second-order valence-electron chi connectivity index (χ2n) is 4.23. The lowest BCUT2D eigenvalue weighted by molar-refractivity contribution is 0.0519. The minimum Gasteiger partial charge on any atom is -0.461 e. The number of carbonyl (C=O) groups excluding carboxylic acids is 1. The van der Waals surface area contributed by atoms with Gasteiger partial charge in [0.15, 0.2) is 5.69 Å². The van der Waals surface area contributed by atoms with Crippen LogP contribution in [0.3, 0.4) is 0 Å². The van der Waals surface area contributed by atoms with Crippen LogP contribution in [0.1, 0.15) is 28.7 Å². The normalized spacial score (nSPS) is 14.4. The average Bonchev–Trinajstić information content (AvgIpc) is 2.83. The molecule has 0 aromatic carbocycles. The quantitative estimate of drug-likeness (QED) is 0.786. The Morgan fingerprint density at radius 2 is 2.47 bits per heavy atom. The molecule has 0 spiro atoms. The van der Waals surface area contributed by atoms with E-state index in [-0.39, 0.29) is 24.5 Å². The molecule has 100 valence electrons. The molecule has 0 bridgehead atoms. The lowest BCUT2D eigenvalue weighted by atomic mass is 10.1. The van der Waals surface area contributed by atoms with Crippen molar-refractivity contribution in [3.8, 4) is 0 Å². The number of aromatic amines is 1. The summed E-state index contributed by atoms with van der Waals surface area (Å²) in [6.45, 7) is 2.83. The molecule has 0 saturated heterocycles. The fraction of sp³-hybridized carbons (Fsp3) is 0.417. The van der Waals surface area contributed by atoms with Crippen LogP contribution in [0.2, 0.25) is 0 Å². The molecule has 0 fully saturated rings. The van der Waals surface area contributed by atoms with Crippen LogP contribution < -0.4 is 5.56 Å². The molecule has 7 nitrogen and oxygen atoms in total. The van der Waals surface area contributed by atoms with Crippen LogP contribution in [0, 0.1) is 0 Å². The zero-order valence-corrected chi connectivity index (χ0v) is 10.4. The Labute approximate surface area is 108 Å². The fourth-order valence-corrected chi connectivity index (χ4v) is 2.18. The highest BCUT2D eigenvalue weighted by Gasteiger charge is 2.20. The van der Waals surface area contributed by atoms with Crippen LogP contribution >= 0.6 is 0 Å². The number of rotatable bonds is 2. The second-order valence-corrected chi connectivity index (χ2v) is 4.23. The molecule has 1 N–H and O–H groups in total. The molecule has 0 atom stereocenters. The van der Waals surface area contributed by atoms with Gasteiger partial charge in [-0.05, 0) is 6.92 Å². The van der Waals surface area contributed by atoms with E-state index < -0.39 is 5.97 Å². The number of ether oxygens (including phenoxy) is 2. The summed E-state index contributed by atoms with van der Waals surface area (Å²) < 4.78 is 11.8. The van der Waals surface area contributed by atoms with Crippen LogP contribution in [0.4, 0.5) is 0 Å². The van der Waals surface area contributed by atoms with Crippen molar-refractivity contribution >= 4 is 11.6 Å². The number of aromatic nitrogens is 3. The number of fused-ring (bicyclic) bond motifs is 3. The van der Waals surface area contributed by atoms with Crippen LogP contribution in [0.5, 0.6) is 0 Å². The standard InChI is InChI=1S/C12H13N3O4/c1-2-19-12(17)8-5-10-13-11(16)7-6-18-4-3-9(7)15(10)14-8/h5H,2-4,6H2,1H3,(H,13,16). The van der Waals surface area contributed by atoms with Crippen LogP contribution in [0.15, 0.2) is 10.9 Å². The zero-order chi connectivity index (χ0) is 13.4. The van der Waals surface area contributed by atoms with Crippen molar-refractivity contribution in [2.24, 2.45) is 0 Å². The summed E-state index contributed by atoms with van der Waals surface area (Å²) in [5.74, 6) is -0.493. The van der Waals surface area contributed by atoms with Crippen molar-refractivity contribution in [2.75, 3.05) is 13.2 Å². The molecular formula is C12H13N3O4. The van der Waals surface area contributed by atoms with Gasteiger partial charge in [0.05, 0.1) is 31.1 Å². The molecule has 1 aliphatic rings. The first kappa shape index (κ1) is 11.9. The number of nitrogens with one attached hydrogen (secondary N) is 1. The van der Waals surface area contributed by atoms with E-state index in [4.69, 9.17) is 9.47 Å². The first-order valence-corrected chi connectivity index (χ1v) is 6.09. The molecule has 19 heavy (non-hydrogen) atoms. The van der Waals surface area contributed by atoms with Gasteiger partial charge in [0.25, 0.3) is 5.56 Å². The van der Waals surface area contributed by atoms with Gasteiger partial charge in [-0.1, -0.05) is 0 Å². The fourth-order valence-electron chi connectivity index (χ4n) is 2.18. The molecule has 1 aliphatic heterocycles. The van der Waals surface area contributed by atoms with E-state index in [0.29, 0.717) is 24.2 Å². The Balaban J connectivity index is 2.17. The molecule has 3 heterocycles. The lowest BCUT2D eigenvalue weighted by Gasteiger charge is -2.15. The topological polar surface area (TPSA) is 85.7 Å². The smallest absolute Gasteiger partial charge is 0.358 e. The SMILES string of the molecule is CCOC(=O)c1cc2[nH]c(=O)c3c(n2n1)CCOC3. The van der Waals surface area contributed by atoms with E-state index in [1.54, 1.807) is 11.4 Å². The van der Waals surface area contributed by atoms with Crippen LogP contribution in [0.25, 0.3) is 5.65 Å². The molecule has 3 rings (SSSR count). The second kappa shape index (κ2) is 4.51. The van der Waals surface area contributed by atoms with Crippen LogP contribution in [-0.2, 0) is 22.5 Å². The average molecular weight is 263 g/mol. The van der Waals surface area contributed by atoms with Crippen molar-refractivity contribution < 1.29 is 14.3 Å². The Kier molecular flexibility index (Phi) is 2.83. The predicted molar refractivity (Wildman–Crippen MR) is 65.1 cm³/mol. The predicted octanol–water partition coefficient (Wildman–Crippen LogP) is 0.272. The summed E-state index contributed by atoms with van der Waals surface area (Å²) in [5.41, 5.74) is 1.85. The largest absolute Gasteiger partial charge is 0.461 e. The molecule has 0 unspecified atom stereocenters. The van der Waals surface area contributed by atoms with Gasteiger partial charge in [-0.15, -0.1) is 0 Å². The highest BCUT2D eigenvalue weighted by molar-refractivity contribution is 5.88. The van der Waals surface area contributed by atoms with Crippen molar-refractivity contribution in [1.82, 2.24) is 14.6 Å². The van der Waals surface area contributed by atoms with E-state index in [9.17, 15) is 9.59 Å². The van der Waals surface area contributed by atoms with E-state index >= 15 is 0 Å². The Morgan fingerprint density at radius 1 is 1.63 bits per heavy atom. The zero-order valence-electron chi connectivity index (χ0n) is 10.4.